The SMILES string of the molecule is COC(=O)c1ccc(Cl)cc1S(=O)(=O)NC1CCC(N)CC1. The summed E-state index contributed by atoms with van der Waals surface area (Å²) in [5, 5.41) is 0.235. The summed E-state index contributed by atoms with van der Waals surface area (Å²) in [6.45, 7) is 0. The van der Waals surface area contributed by atoms with E-state index in [0.29, 0.717) is 12.8 Å². The summed E-state index contributed by atoms with van der Waals surface area (Å²) in [5.74, 6) is -0.720. The Labute approximate surface area is 135 Å². The molecule has 0 saturated heterocycles. The van der Waals surface area contributed by atoms with Crippen LogP contribution in [0.25, 0.3) is 0 Å². The lowest BCUT2D eigenvalue weighted by atomic mass is 9.93. The van der Waals surface area contributed by atoms with Gasteiger partial charge in [0.15, 0.2) is 0 Å². The van der Waals surface area contributed by atoms with Crippen molar-refractivity contribution >= 4 is 27.6 Å². The number of benzene rings is 1. The molecular formula is C14H19ClN2O4S. The number of halogens is 1. The van der Waals surface area contributed by atoms with Crippen molar-refractivity contribution in [2.24, 2.45) is 5.73 Å². The maximum absolute atomic E-state index is 12.6. The zero-order valence-electron chi connectivity index (χ0n) is 12.2. The van der Waals surface area contributed by atoms with Crippen LogP contribution in [0.1, 0.15) is 36.0 Å². The fourth-order valence-corrected chi connectivity index (χ4v) is 4.28. The first-order valence-corrected chi connectivity index (χ1v) is 8.85. The number of carbonyl (C=O) groups is 1. The quantitative estimate of drug-likeness (QED) is 0.808. The van der Waals surface area contributed by atoms with E-state index < -0.39 is 16.0 Å². The molecule has 3 N–H and O–H groups in total. The number of ether oxygens (including phenoxy) is 1. The molecular weight excluding hydrogens is 328 g/mol. The molecule has 0 unspecified atom stereocenters. The van der Waals surface area contributed by atoms with Gasteiger partial charge in [-0.05, 0) is 43.9 Å². The molecule has 0 amide bonds. The zero-order valence-corrected chi connectivity index (χ0v) is 13.8. The predicted molar refractivity (Wildman–Crippen MR) is 83.3 cm³/mol. The van der Waals surface area contributed by atoms with E-state index in [1.54, 1.807) is 0 Å². The average molecular weight is 347 g/mol. The molecule has 0 heterocycles. The van der Waals surface area contributed by atoms with Gasteiger partial charge in [0.1, 0.15) is 0 Å². The number of rotatable bonds is 4. The zero-order chi connectivity index (χ0) is 16.3. The van der Waals surface area contributed by atoms with Gasteiger partial charge in [-0.25, -0.2) is 17.9 Å². The highest BCUT2D eigenvalue weighted by Gasteiger charge is 2.28. The summed E-state index contributed by atoms with van der Waals surface area (Å²) in [6.07, 6.45) is 2.89. The van der Waals surface area contributed by atoms with Crippen LogP contribution in [0.2, 0.25) is 5.02 Å². The van der Waals surface area contributed by atoms with E-state index in [0.717, 1.165) is 12.8 Å². The van der Waals surface area contributed by atoms with Gasteiger partial charge in [0, 0.05) is 17.1 Å². The van der Waals surface area contributed by atoms with Gasteiger partial charge in [-0.1, -0.05) is 11.6 Å². The average Bonchev–Trinajstić information content (AvgIpc) is 2.48. The molecule has 0 aliphatic heterocycles. The maximum Gasteiger partial charge on any atom is 0.339 e. The lowest BCUT2D eigenvalue weighted by Gasteiger charge is -2.26. The third-order valence-electron chi connectivity index (χ3n) is 3.73. The van der Waals surface area contributed by atoms with Crippen LogP contribution in [-0.4, -0.2) is 33.6 Å². The Morgan fingerprint density at radius 2 is 1.95 bits per heavy atom. The Morgan fingerprint density at radius 1 is 1.32 bits per heavy atom. The second-order valence-corrected chi connectivity index (χ2v) is 7.48. The third kappa shape index (κ3) is 3.98. The maximum atomic E-state index is 12.6. The van der Waals surface area contributed by atoms with Crippen molar-refractivity contribution in [1.82, 2.24) is 4.72 Å². The Kier molecular flexibility index (Phi) is 5.44. The molecule has 8 heteroatoms. The van der Waals surface area contributed by atoms with Gasteiger partial charge in [-0.2, -0.15) is 0 Å². The van der Waals surface area contributed by atoms with Crippen LogP contribution >= 0.6 is 11.6 Å². The summed E-state index contributed by atoms with van der Waals surface area (Å²) in [4.78, 5) is 11.6. The van der Waals surface area contributed by atoms with Crippen molar-refractivity contribution < 1.29 is 17.9 Å². The van der Waals surface area contributed by atoms with Gasteiger partial charge in [-0.15, -0.1) is 0 Å². The fraction of sp³-hybridized carbons (Fsp3) is 0.500. The second-order valence-electron chi connectivity index (χ2n) is 5.37. The molecule has 1 aromatic rings. The van der Waals surface area contributed by atoms with E-state index in [4.69, 9.17) is 17.3 Å². The standard InChI is InChI=1S/C14H19ClN2O4S/c1-21-14(18)12-7-2-9(15)8-13(12)22(19,20)17-11-5-3-10(16)4-6-11/h2,7-8,10-11,17H,3-6,16H2,1H3. The molecule has 1 fully saturated rings. The predicted octanol–water partition coefficient (Wildman–Crippen LogP) is 1.67. The number of carbonyl (C=O) groups excluding carboxylic acids is 1. The Hall–Kier alpha value is -1.15. The smallest absolute Gasteiger partial charge is 0.339 e. The van der Waals surface area contributed by atoms with Gasteiger partial charge in [-0.3, -0.25) is 0 Å². The van der Waals surface area contributed by atoms with Crippen LogP contribution in [0, 0.1) is 0 Å². The molecule has 6 nitrogen and oxygen atoms in total. The molecule has 0 aromatic heterocycles. The number of sulfonamides is 1. The molecule has 0 spiro atoms. The van der Waals surface area contributed by atoms with E-state index >= 15 is 0 Å². The van der Waals surface area contributed by atoms with Gasteiger partial charge in [0.2, 0.25) is 10.0 Å². The van der Waals surface area contributed by atoms with E-state index in [2.05, 4.69) is 9.46 Å². The molecule has 122 valence electrons. The minimum atomic E-state index is -3.86. The van der Waals surface area contributed by atoms with Crippen molar-refractivity contribution in [3.63, 3.8) is 0 Å². The third-order valence-corrected chi connectivity index (χ3v) is 5.53. The monoisotopic (exact) mass is 346 g/mol. The Morgan fingerprint density at radius 3 is 2.55 bits per heavy atom. The van der Waals surface area contributed by atoms with Gasteiger partial charge in [0.05, 0.1) is 17.6 Å². The normalized spacial score (nSPS) is 22.3. The van der Waals surface area contributed by atoms with Crippen LogP contribution < -0.4 is 10.5 Å². The van der Waals surface area contributed by atoms with Crippen molar-refractivity contribution in [3.05, 3.63) is 28.8 Å². The second kappa shape index (κ2) is 6.95. The molecule has 1 aromatic carbocycles. The first kappa shape index (κ1) is 17.2. The van der Waals surface area contributed by atoms with Crippen LogP contribution in [0.15, 0.2) is 23.1 Å². The number of esters is 1. The van der Waals surface area contributed by atoms with Gasteiger partial charge in [0.25, 0.3) is 0 Å². The minimum Gasteiger partial charge on any atom is -0.465 e. The van der Waals surface area contributed by atoms with Crippen molar-refractivity contribution in [2.75, 3.05) is 7.11 Å². The topological polar surface area (TPSA) is 98.5 Å². The Balaban J connectivity index is 2.28. The molecule has 0 bridgehead atoms. The number of methoxy groups -OCH3 is 1. The highest BCUT2D eigenvalue weighted by Crippen LogP contribution is 2.24. The number of nitrogens with two attached hydrogens (primary N) is 1. The van der Waals surface area contributed by atoms with Crippen LogP contribution in [0.5, 0.6) is 0 Å². The van der Waals surface area contributed by atoms with Crippen LogP contribution in [0.4, 0.5) is 0 Å². The molecule has 0 atom stereocenters. The van der Waals surface area contributed by atoms with E-state index in [1.807, 2.05) is 0 Å². The number of hydrogen-bond acceptors (Lipinski definition) is 5. The van der Waals surface area contributed by atoms with Crippen molar-refractivity contribution in [1.29, 1.82) is 0 Å². The Bertz CT molecular complexity index is 655. The summed E-state index contributed by atoms with van der Waals surface area (Å²) in [5.41, 5.74) is 5.78. The lowest BCUT2D eigenvalue weighted by Crippen LogP contribution is -2.40. The first-order chi connectivity index (χ1) is 10.3. The minimum absolute atomic E-state index is 0.0353. The summed E-state index contributed by atoms with van der Waals surface area (Å²) >= 11 is 5.87. The molecule has 0 radical (unpaired) electrons. The van der Waals surface area contributed by atoms with Gasteiger partial charge < -0.3 is 10.5 Å². The summed E-state index contributed by atoms with van der Waals surface area (Å²) < 4.78 is 32.4. The summed E-state index contributed by atoms with van der Waals surface area (Å²) in [7, 11) is -2.66. The van der Waals surface area contributed by atoms with Crippen LogP contribution in [-0.2, 0) is 14.8 Å². The van der Waals surface area contributed by atoms with Gasteiger partial charge >= 0.3 is 5.97 Å². The fourth-order valence-electron chi connectivity index (χ4n) is 2.52. The molecule has 1 aliphatic rings. The molecule has 1 saturated carbocycles. The molecule has 1 aliphatic carbocycles. The van der Waals surface area contributed by atoms with E-state index in [-0.39, 0.29) is 27.6 Å². The number of hydrogen-bond donors (Lipinski definition) is 2. The highest BCUT2D eigenvalue weighted by molar-refractivity contribution is 7.89. The van der Waals surface area contributed by atoms with Crippen molar-refractivity contribution in [3.8, 4) is 0 Å². The summed E-state index contributed by atoms with van der Waals surface area (Å²) in [6, 6.07) is 3.99. The number of nitrogens with one attached hydrogen (secondary N) is 1. The lowest BCUT2D eigenvalue weighted by molar-refractivity contribution is 0.0596. The van der Waals surface area contributed by atoms with E-state index in [9.17, 15) is 13.2 Å². The largest absolute Gasteiger partial charge is 0.465 e. The van der Waals surface area contributed by atoms with Crippen LogP contribution in [0.3, 0.4) is 0 Å². The molecule has 22 heavy (non-hydrogen) atoms. The first-order valence-electron chi connectivity index (χ1n) is 6.99. The molecule has 2 rings (SSSR count). The van der Waals surface area contributed by atoms with Crippen molar-refractivity contribution in [2.45, 2.75) is 42.7 Å². The highest BCUT2D eigenvalue weighted by atomic mass is 35.5. The van der Waals surface area contributed by atoms with E-state index in [1.165, 1.54) is 25.3 Å².